The van der Waals surface area contributed by atoms with Crippen LogP contribution in [0, 0.1) is 0 Å². The number of H-pyrrole nitrogens is 1. The Kier molecular flexibility index (Phi) is 3.36. The maximum atomic E-state index is 12.5. The summed E-state index contributed by atoms with van der Waals surface area (Å²) in [5.41, 5.74) is 1.10. The number of hydrogen-bond donors (Lipinski definition) is 2. The van der Waals surface area contributed by atoms with Gasteiger partial charge in [0.1, 0.15) is 0 Å². The Morgan fingerprint density at radius 1 is 1.05 bits per heavy atom. The monoisotopic (exact) mass is 301 g/mol. The fourth-order valence-electron chi connectivity index (χ4n) is 1.88. The second-order valence-electron chi connectivity index (χ2n) is 4.18. The predicted molar refractivity (Wildman–Crippen MR) is 76.9 cm³/mol. The van der Waals surface area contributed by atoms with Gasteiger partial charge in [-0.05, 0) is 18.2 Å². The van der Waals surface area contributed by atoms with Crippen LogP contribution in [0.4, 0.5) is 5.82 Å². The van der Waals surface area contributed by atoms with Crippen molar-refractivity contribution in [1.29, 1.82) is 0 Å². The number of nitrogens with zero attached hydrogens (tertiary/aromatic N) is 3. The summed E-state index contributed by atoms with van der Waals surface area (Å²) in [4.78, 5) is 4.33. The second kappa shape index (κ2) is 5.33. The molecular formula is C13H11N5O2S. The van der Waals surface area contributed by atoms with E-state index in [1.807, 2.05) is 0 Å². The zero-order chi connectivity index (χ0) is 14.7. The Labute approximate surface area is 121 Å². The molecule has 1 aromatic carbocycles. The van der Waals surface area contributed by atoms with Crippen molar-refractivity contribution in [3.05, 3.63) is 54.9 Å². The molecule has 106 valence electrons. The second-order valence-corrected chi connectivity index (χ2v) is 5.83. The van der Waals surface area contributed by atoms with Crippen molar-refractivity contribution >= 4 is 15.8 Å². The lowest BCUT2D eigenvalue weighted by molar-refractivity contribution is 0.601. The molecule has 21 heavy (non-hydrogen) atoms. The molecule has 0 atom stereocenters. The average Bonchev–Trinajstić information content (AvgIpc) is 3.00. The summed E-state index contributed by atoms with van der Waals surface area (Å²) in [7, 11) is -3.77. The van der Waals surface area contributed by atoms with E-state index >= 15 is 0 Å². The number of hydrogen-bond acceptors (Lipinski definition) is 5. The van der Waals surface area contributed by atoms with Gasteiger partial charge in [0, 0.05) is 11.8 Å². The predicted octanol–water partition coefficient (Wildman–Crippen LogP) is 1.67. The molecule has 0 unspecified atom stereocenters. The number of anilines is 1. The minimum Gasteiger partial charge on any atom is -0.263 e. The summed E-state index contributed by atoms with van der Waals surface area (Å²) >= 11 is 0. The molecule has 0 bridgehead atoms. The summed E-state index contributed by atoms with van der Waals surface area (Å²) in [6.07, 6.45) is 2.98. The van der Waals surface area contributed by atoms with Crippen LogP contribution in [0.15, 0.2) is 59.8 Å². The van der Waals surface area contributed by atoms with E-state index in [9.17, 15) is 8.42 Å². The third kappa shape index (κ3) is 2.75. The highest BCUT2D eigenvalue weighted by Crippen LogP contribution is 2.26. The topological polar surface area (TPSA) is 101 Å². The number of benzene rings is 1. The third-order valence-electron chi connectivity index (χ3n) is 2.77. The number of pyridine rings is 1. The molecule has 3 aromatic rings. The minimum atomic E-state index is -3.77. The van der Waals surface area contributed by atoms with E-state index < -0.39 is 10.0 Å². The summed E-state index contributed by atoms with van der Waals surface area (Å²) in [5, 5.41) is 9.53. The van der Waals surface area contributed by atoms with Gasteiger partial charge in [-0.2, -0.15) is 0 Å². The lowest BCUT2D eigenvalue weighted by Crippen LogP contribution is -2.14. The van der Waals surface area contributed by atoms with Crippen LogP contribution in [-0.4, -0.2) is 28.8 Å². The first-order chi connectivity index (χ1) is 10.2. The molecule has 7 nitrogen and oxygen atoms in total. The normalized spacial score (nSPS) is 11.2. The maximum absolute atomic E-state index is 12.5. The van der Waals surface area contributed by atoms with Gasteiger partial charge in [-0.25, -0.2) is 8.42 Å². The molecule has 0 radical (unpaired) electrons. The summed E-state index contributed by atoms with van der Waals surface area (Å²) in [6.45, 7) is 0. The van der Waals surface area contributed by atoms with E-state index in [0.29, 0.717) is 11.3 Å². The van der Waals surface area contributed by atoms with Crippen LogP contribution < -0.4 is 4.72 Å². The van der Waals surface area contributed by atoms with E-state index in [1.54, 1.807) is 42.6 Å². The number of nitrogens with one attached hydrogen (secondary N) is 2. The molecule has 0 amide bonds. The molecule has 0 spiro atoms. The van der Waals surface area contributed by atoms with Crippen molar-refractivity contribution in [2.45, 2.75) is 4.90 Å². The highest BCUT2D eigenvalue weighted by molar-refractivity contribution is 7.92. The first-order valence-electron chi connectivity index (χ1n) is 6.06. The Morgan fingerprint density at radius 3 is 2.57 bits per heavy atom. The summed E-state index contributed by atoms with van der Waals surface area (Å²) in [6, 6.07) is 12.0. The maximum Gasteiger partial charge on any atom is 0.263 e. The average molecular weight is 301 g/mol. The highest BCUT2D eigenvalue weighted by atomic mass is 32.2. The molecule has 0 aliphatic carbocycles. The standard InChI is InChI=1S/C13H11N5O2S/c19-21(20,17-13-9-15-18-16-13)12-7-2-1-5-10(12)11-6-3-4-8-14-11/h1-9H,(H2,15,16,17,18). The fourth-order valence-corrected chi connectivity index (χ4v) is 3.08. The number of aromatic amines is 1. The lowest BCUT2D eigenvalue weighted by Gasteiger charge is -2.10. The zero-order valence-corrected chi connectivity index (χ0v) is 11.6. The van der Waals surface area contributed by atoms with Gasteiger partial charge >= 0.3 is 0 Å². The molecule has 0 aliphatic heterocycles. The van der Waals surface area contributed by atoms with Crippen molar-refractivity contribution in [1.82, 2.24) is 20.4 Å². The van der Waals surface area contributed by atoms with Crippen LogP contribution in [0.1, 0.15) is 0 Å². The summed E-state index contributed by atoms with van der Waals surface area (Å²) in [5.74, 6) is 0.130. The smallest absolute Gasteiger partial charge is 0.263 e. The van der Waals surface area contributed by atoms with Crippen LogP contribution >= 0.6 is 0 Å². The van der Waals surface area contributed by atoms with Gasteiger partial charge in [0.25, 0.3) is 10.0 Å². The van der Waals surface area contributed by atoms with E-state index in [-0.39, 0.29) is 10.7 Å². The van der Waals surface area contributed by atoms with Crippen LogP contribution in [0.5, 0.6) is 0 Å². The van der Waals surface area contributed by atoms with Crippen molar-refractivity contribution in [3.8, 4) is 11.3 Å². The van der Waals surface area contributed by atoms with Crippen LogP contribution in [-0.2, 0) is 10.0 Å². The molecule has 3 rings (SSSR count). The van der Waals surface area contributed by atoms with E-state index in [1.165, 1.54) is 12.3 Å². The minimum absolute atomic E-state index is 0.130. The fraction of sp³-hybridized carbons (Fsp3) is 0. The molecule has 2 aromatic heterocycles. The summed E-state index contributed by atoms with van der Waals surface area (Å²) < 4.78 is 27.3. The molecule has 2 heterocycles. The Hall–Kier alpha value is -2.74. The number of rotatable bonds is 4. The van der Waals surface area contributed by atoms with E-state index in [4.69, 9.17) is 0 Å². The van der Waals surface area contributed by atoms with Crippen LogP contribution in [0.2, 0.25) is 0 Å². The Balaban J connectivity index is 2.07. The molecule has 2 N–H and O–H groups in total. The van der Waals surface area contributed by atoms with Gasteiger partial charge in [0.05, 0.1) is 16.8 Å². The van der Waals surface area contributed by atoms with E-state index in [0.717, 1.165) is 0 Å². The van der Waals surface area contributed by atoms with E-state index in [2.05, 4.69) is 25.1 Å². The van der Waals surface area contributed by atoms with Crippen LogP contribution in [0.3, 0.4) is 0 Å². The van der Waals surface area contributed by atoms with Crippen molar-refractivity contribution < 1.29 is 8.42 Å². The van der Waals surface area contributed by atoms with Crippen molar-refractivity contribution in [2.24, 2.45) is 0 Å². The van der Waals surface area contributed by atoms with Gasteiger partial charge in [0.2, 0.25) is 0 Å². The number of sulfonamides is 1. The van der Waals surface area contributed by atoms with Gasteiger partial charge in [0.15, 0.2) is 5.82 Å². The van der Waals surface area contributed by atoms with Crippen LogP contribution in [0.25, 0.3) is 11.3 Å². The molecular weight excluding hydrogens is 290 g/mol. The molecule has 8 heteroatoms. The van der Waals surface area contributed by atoms with Gasteiger partial charge in [-0.3, -0.25) is 14.8 Å². The SMILES string of the molecule is O=S(=O)(Nc1c[nH]nn1)c1ccccc1-c1ccccn1. The lowest BCUT2D eigenvalue weighted by atomic mass is 10.1. The molecule has 0 saturated carbocycles. The molecule has 0 fully saturated rings. The molecule has 0 aliphatic rings. The van der Waals surface area contributed by atoms with Gasteiger partial charge < -0.3 is 0 Å². The van der Waals surface area contributed by atoms with Gasteiger partial charge in [-0.15, -0.1) is 5.10 Å². The Morgan fingerprint density at radius 2 is 1.86 bits per heavy atom. The zero-order valence-electron chi connectivity index (χ0n) is 10.8. The molecule has 0 saturated heterocycles. The highest BCUT2D eigenvalue weighted by Gasteiger charge is 2.20. The number of aromatic nitrogens is 4. The van der Waals surface area contributed by atoms with Crippen molar-refractivity contribution in [2.75, 3.05) is 4.72 Å². The third-order valence-corrected chi connectivity index (χ3v) is 4.19. The quantitative estimate of drug-likeness (QED) is 0.763. The first kappa shape index (κ1) is 13.3. The van der Waals surface area contributed by atoms with Gasteiger partial charge in [-0.1, -0.05) is 29.5 Å². The Bertz CT molecular complexity index is 832. The van der Waals surface area contributed by atoms with Crippen molar-refractivity contribution in [3.63, 3.8) is 0 Å². The first-order valence-corrected chi connectivity index (χ1v) is 7.55. The largest absolute Gasteiger partial charge is 0.263 e.